The van der Waals surface area contributed by atoms with Crippen LogP contribution >= 0.6 is 0 Å². The number of amides is 2. The second-order valence-corrected chi connectivity index (χ2v) is 7.78. The highest BCUT2D eigenvalue weighted by atomic mass is 16.6. The maximum Gasteiger partial charge on any atom is 0.408 e. The van der Waals surface area contributed by atoms with Gasteiger partial charge in [-0.1, -0.05) is 42.5 Å². The van der Waals surface area contributed by atoms with Gasteiger partial charge in [0.1, 0.15) is 24.2 Å². The van der Waals surface area contributed by atoms with Crippen molar-refractivity contribution in [2.24, 2.45) is 5.10 Å². The quantitative estimate of drug-likeness (QED) is 0.169. The summed E-state index contributed by atoms with van der Waals surface area (Å²) in [6.45, 7) is 0.0502. The topological polar surface area (TPSA) is 165 Å². The van der Waals surface area contributed by atoms with E-state index in [1.165, 1.54) is 24.7 Å². The number of carbonyl (C=O) groups is 2. The molecule has 2 aromatic heterocycles. The van der Waals surface area contributed by atoms with Crippen LogP contribution in [0.3, 0.4) is 0 Å². The zero-order valence-corrected chi connectivity index (χ0v) is 19.4. The maximum absolute atomic E-state index is 12.8. The van der Waals surface area contributed by atoms with Crippen LogP contribution in [0.1, 0.15) is 17.0 Å². The summed E-state index contributed by atoms with van der Waals surface area (Å²) in [5.41, 5.74) is 4.27. The number of benzene rings is 2. The predicted molar refractivity (Wildman–Crippen MR) is 132 cm³/mol. The number of aromatic nitrogens is 2. The van der Waals surface area contributed by atoms with Crippen LogP contribution < -0.4 is 10.7 Å². The minimum Gasteiger partial charge on any atom is -0.455 e. The summed E-state index contributed by atoms with van der Waals surface area (Å²) in [7, 11) is 0. The van der Waals surface area contributed by atoms with Gasteiger partial charge in [0.2, 0.25) is 0 Å². The van der Waals surface area contributed by atoms with Gasteiger partial charge in [0.25, 0.3) is 11.6 Å². The van der Waals surface area contributed by atoms with E-state index in [4.69, 9.17) is 9.15 Å². The summed E-state index contributed by atoms with van der Waals surface area (Å²) < 4.78 is 10.9. The molecule has 0 aliphatic carbocycles. The molecule has 0 aliphatic rings. The summed E-state index contributed by atoms with van der Waals surface area (Å²) in [6.07, 6.45) is 3.64. The van der Waals surface area contributed by atoms with Gasteiger partial charge in [0, 0.05) is 36.0 Å². The Morgan fingerprint density at radius 2 is 2.00 bits per heavy atom. The molecular formula is C25H22N6O6. The number of nitrogens with zero attached hydrogens (tertiary/aromatic N) is 3. The van der Waals surface area contributed by atoms with Gasteiger partial charge in [-0.05, 0) is 17.7 Å². The van der Waals surface area contributed by atoms with E-state index in [1.807, 2.05) is 30.3 Å². The van der Waals surface area contributed by atoms with Gasteiger partial charge < -0.3 is 19.5 Å². The van der Waals surface area contributed by atoms with Gasteiger partial charge in [0.15, 0.2) is 0 Å². The van der Waals surface area contributed by atoms with Crippen molar-refractivity contribution >= 4 is 23.9 Å². The Labute approximate surface area is 210 Å². The van der Waals surface area contributed by atoms with Crippen LogP contribution in [-0.4, -0.2) is 39.1 Å². The Bertz CT molecular complexity index is 1380. The van der Waals surface area contributed by atoms with Gasteiger partial charge in [-0.15, -0.1) is 0 Å². The Hall–Kier alpha value is -5.26. The highest BCUT2D eigenvalue weighted by molar-refractivity contribution is 5.87. The molecule has 12 nitrogen and oxygen atoms in total. The number of nitro groups is 1. The summed E-state index contributed by atoms with van der Waals surface area (Å²) in [5, 5.41) is 17.4. The highest BCUT2D eigenvalue weighted by Gasteiger charge is 2.22. The third-order valence-electron chi connectivity index (χ3n) is 5.14. The predicted octanol–water partition coefficient (Wildman–Crippen LogP) is 3.57. The average molecular weight is 502 g/mol. The molecule has 0 saturated carbocycles. The van der Waals surface area contributed by atoms with E-state index in [1.54, 1.807) is 30.5 Å². The molecule has 3 N–H and O–H groups in total. The number of hydrogen-bond donors (Lipinski definition) is 3. The Kier molecular flexibility index (Phi) is 8.01. The van der Waals surface area contributed by atoms with Gasteiger partial charge in [-0.25, -0.2) is 15.2 Å². The number of non-ortho nitro benzene ring substituents is 1. The minimum atomic E-state index is -1.00. The molecule has 12 heteroatoms. The van der Waals surface area contributed by atoms with Gasteiger partial charge in [-0.2, -0.15) is 5.10 Å². The van der Waals surface area contributed by atoms with E-state index in [0.29, 0.717) is 22.8 Å². The van der Waals surface area contributed by atoms with Crippen LogP contribution in [0.2, 0.25) is 0 Å². The molecule has 2 heterocycles. The van der Waals surface area contributed by atoms with Crippen molar-refractivity contribution in [2.75, 3.05) is 0 Å². The fraction of sp³-hybridized carbons (Fsp3) is 0.120. The molecule has 2 aromatic carbocycles. The molecule has 0 saturated heterocycles. The number of ether oxygens (including phenoxy) is 1. The number of nitrogens with one attached hydrogen (secondary N) is 3. The van der Waals surface area contributed by atoms with Crippen molar-refractivity contribution < 1.29 is 23.7 Å². The van der Waals surface area contributed by atoms with Crippen molar-refractivity contribution in [3.8, 4) is 11.3 Å². The number of nitro benzene ring substituents is 1. The van der Waals surface area contributed by atoms with Crippen LogP contribution in [-0.2, 0) is 22.6 Å². The molecule has 37 heavy (non-hydrogen) atoms. The van der Waals surface area contributed by atoms with E-state index in [2.05, 4.69) is 25.8 Å². The number of imidazole rings is 1. The molecule has 0 fully saturated rings. The van der Waals surface area contributed by atoms with Crippen molar-refractivity contribution in [2.45, 2.75) is 19.1 Å². The fourth-order valence-corrected chi connectivity index (χ4v) is 3.32. The maximum atomic E-state index is 12.8. The van der Waals surface area contributed by atoms with Gasteiger partial charge in [-0.3, -0.25) is 14.9 Å². The SMILES string of the molecule is O=C(N[C@@H](Cc1cnc[nH]1)C(=O)N/N=C\c1ccc(-c2cccc([N+](=O)[O-])c2)o1)OCc1ccccc1. The molecule has 4 rings (SSSR count). The number of rotatable bonds is 10. The fourth-order valence-electron chi connectivity index (χ4n) is 3.32. The number of alkyl carbamates (subject to hydrolysis) is 1. The van der Waals surface area contributed by atoms with Crippen LogP contribution in [0.5, 0.6) is 0 Å². The summed E-state index contributed by atoms with van der Waals surface area (Å²) in [5.74, 6) is 0.117. The number of hydrazone groups is 1. The number of carbonyl (C=O) groups excluding carboxylic acids is 2. The minimum absolute atomic E-state index is 0.0502. The lowest BCUT2D eigenvalue weighted by molar-refractivity contribution is -0.384. The second kappa shape index (κ2) is 11.9. The lowest BCUT2D eigenvalue weighted by atomic mass is 10.1. The third-order valence-corrected chi connectivity index (χ3v) is 5.14. The summed E-state index contributed by atoms with van der Waals surface area (Å²) in [4.78, 5) is 42.4. The van der Waals surface area contributed by atoms with E-state index < -0.39 is 23.0 Å². The Morgan fingerprint density at radius 1 is 1.16 bits per heavy atom. The van der Waals surface area contributed by atoms with Crippen LogP contribution in [0.15, 0.2) is 88.8 Å². The molecule has 2 amide bonds. The molecule has 0 spiro atoms. The first-order valence-corrected chi connectivity index (χ1v) is 11.1. The van der Waals surface area contributed by atoms with E-state index in [-0.39, 0.29) is 18.7 Å². The Morgan fingerprint density at radius 3 is 2.76 bits per heavy atom. The second-order valence-electron chi connectivity index (χ2n) is 7.78. The summed E-state index contributed by atoms with van der Waals surface area (Å²) >= 11 is 0. The average Bonchev–Trinajstić information content (AvgIpc) is 3.60. The number of aromatic amines is 1. The zero-order valence-electron chi connectivity index (χ0n) is 19.4. The molecular weight excluding hydrogens is 480 g/mol. The van der Waals surface area contributed by atoms with Gasteiger partial charge >= 0.3 is 6.09 Å². The van der Waals surface area contributed by atoms with Crippen molar-refractivity contribution in [1.29, 1.82) is 0 Å². The molecule has 4 aromatic rings. The van der Waals surface area contributed by atoms with Crippen LogP contribution in [0, 0.1) is 10.1 Å². The van der Waals surface area contributed by atoms with E-state index >= 15 is 0 Å². The first kappa shape index (κ1) is 24.9. The molecule has 0 bridgehead atoms. The monoisotopic (exact) mass is 502 g/mol. The summed E-state index contributed by atoms with van der Waals surface area (Å²) in [6, 6.07) is 17.4. The normalized spacial score (nSPS) is 11.7. The van der Waals surface area contributed by atoms with E-state index in [9.17, 15) is 19.7 Å². The Balaban J connectivity index is 1.37. The number of H-pyrrole nitrogens is 1. The van der Waals surface area contributed by atoms with Gasteiger partial charge in [0.05, 0.1) is 17.5 Å². The lowest BCUT2D eigenvalue weighted by Gasteiger charge is -2.16. The van der Waals surface area contributed by atoms with Crippen molar-refractivity contribution in [3.05, 3.63) is 106 Å². The van der Waals surface area contributed by atoms with Crippen LogP contribution in [0.25, 0.3) is 11.3 Å². The van der Waals surface area contributed by atoms with Crippen LogP contribution in [0.4, 0.5) is 10.5 Å². The number of hydrogen-bond acceptors (Lipinski definition) is 8. The molecule has 188 valence electrons. The van der Waals surface area contributed by atoms with Crippen molar-refractivity contribution in [1.82, 2.24) is 20.7 Å². The first-order valence-electron chi connectivity index (χ1n) is 11.1. The zero-order chi connectivity index (χ0) is 26.0. The molecule has 0 aliphatic heterocycles. The van der Waals surface area contributed by atoms with Crippen molar-refractivity contribution in [3.63, 3.8) is 0 Å². The number of furan rings is 1. The smallest absolute Gasteiger partial charge is 0.408 e. The molecule has 0 radical (unpaired) electrons. The molecule has 1 atom stereocenters. The molecule has 0 unspecified atom stereocenters. The standard InChI is InChI=1S/C25H22N6O6/c32-24(30-28-14-21-9-10-23(37-21)18-7-4-8-20(11-18)31(34)35)22(12-19-13-26-16-27-19)29-25(33)36-15-17-5-2-1-3-6-17/h1-11,13-14,16,22H,12,15H2,(H,26,27)(H,29,33)(H,30,32)/b28-14-/t22-/m0/s1. The first-order chi connectivity index (χ1) is 18.0. The van der Waals surface area contributed by atoms with E-state index in [0.717, 1.165) is 5.56 Å². The lowest BCUT2D eigenvalue weighted by Crippen LogP contribution is -2.47. The third kappa shape index (κ3) is 7.11. The largest absolute Gasteiger partial charge is 0.455 e. The highest BCUT2D eigenvalue weighted by Crippen LogP contribution is 2.25.